The Morgan fingerprint density at radius 3 is 1.86 bits per heavy atom. The molecule has 2 aromatic rings. The van der Waals surface area contributed by atoms with Gasteiger partial charge in [0.05, 0.1) is 11.6 Å². The second-order valence-electron chi connectivity index (χ2n) is 8.05. The first-order valence-electron chi connectivity index (χ1n) is 11.3. The summed E-state index contributed by atoms with van der Waals surface area (Å²) < 4.78 is 72.6. The average Bonchev–Trinajstić information content (AvgIpc) is 2.80. The lowest BCUT2D eigenvalue weighted by molar-refractivity contribution is -0.137. The maximum Gasteiger partial charge on any atom is 0.446 e. The topological polar surface area (TPSA) is 40.5 Å². The first-order chi connectivity index (χ1) is 17.2. The van der Waals surface area contributed by atoms with Crippen molar-refractivity contribution in [3.8, 4) is 11.8 Å². The highest BCUT2D eigenvalue weighted by Gasteiger charge is 2.30. The lowest BCUT2D eigenvalue weighted by atomic mass is 10.0. The van der Waals surface area contributed by atoms with Crippen LogP contribution < -0.4 is 0 Å². The smallest absolute Gasteiger partial charge is 0.446 e. The van der Waals surface area contributed by atoms with E-state index in [4.69, 9.17) is 9.90 Å². The Labute approximate surface area is 217 Å². The number of likely N-dealkylation sites (tertiary alicyclic amines) is 1. The van der Waals surface area contributed by atoms with Crippen LogP contribution in [0.1, 0.15) is 50.3 Å². The van der Waals surface area contributed by atoms with Crippen molar-refractivity contribution >= 4 is 17.7 Å². The number of allylic oxidation sites excluding steroid dienone is 1. The minimum atomic E-state index is -4.26. The molecule has 3 rings (SSSR count). The van der Waals surface area contributed by atoms with Crippen molar-refractivity contribution in [2.75, 3.05) is 13.1 Å². The maximum absolute atomic E-state index is 12.4. The molecule has 0 bridgehead atoms. The Hall–Kier alpha value is -2.90. The second-order valence-corrected chi connectivity index (χ2v) is 9.19. The Morgan fingerprint density at radius 2 is 1.46 bits per heavy atom. The number of carbonyl (C=O) groups is 1. The summed E-state index contributed by atoms with van der Waals surface area (Å²) in [5.74, 6) is 5.41. The Balaban J connectivity index is 0.000000402. The number of piperidine rings is 1. The minimum absolute atomic E-state index is 0.0862. The molecule has 3 nitrogen and oxygen atoms in total. The minimum Gasteiger partial charge on any atom is -0.481 e. The molecule has 1 fully saturated rings. The number of alkyl halides is 6. The highest BCUT2D eigenvalue weighted by molar-refractivity contribution is 8.00. The van der Waals surface area contributed by atoms with Crippen molar-refractivity contribution < 1.29 is 36.2 Å². The van der Waals surface area contributed by atoms with E-state index < -0.39 is 23.2 Å². The third-order valence-corrected chi connectivity index (χ3v) is 5.45. The SMILES string of the molecule is C=C(C)C#CC(c1ccc(SC(F)(F)F)cc1)N1CCCCC1.CC(=O)O.FC(F)(F)c1ccccc1. The van der Waals surface area contributed by atoms with Crippen molar-refractivity contribution in [2.24, 2.45) is 0 Å². The fourth-order valence-corrected chi connectivity index (χ4v) is 3.77. The Kier molecular flexibility index (Phi) is 13.4. The fraction of sp³-hybridized carbons (Fsp3) is 0.370. The van der Waals surface area contributed by atoms with Gasteiger partial charge in [0.2, 0.25) is 0 Å². The molecule has 0 aromatic heterocycles. The molecule has 202 valence electrons. The number of rotatable bonds is 3. The summed E-state index contributed by atoms with van der Waals surface area (Å²) >= 11 is -0.0888. The van der Waals surface area contributed by atoms with E-state index in [1.807, 2.05) is 6.92 Å². The number of hydrogen-bond acceptors (Lipinski definition) is 3. The van der Waals surface area contributed by atoms with Crippen molar-refractivity contribution in [1.29, 1.82) is 0 Å². The van der Waals surface area contributed by atoms with E-state index in [9.17, 15) is 26.3 Å². The lowest BCUT2D eigenvalue weighted by Gasteiger charge is -2.32. The van der Waals surface area contributed by atoms with Gasteiger partial charge in [0.25, 0.3) is 5.97 Å². The van der Waals surface area contributed by atoms with Gasteiger partial charge in [-0.2, -0.15) is 26.3 Å². The van der Waals surface area contributed by atoms with Gasteiger partial charge in [0.15, 0.2) is 0 Å². The largest absolute Gasteiger partial charge is 0.481 e. The molecule has 1 atom stereocenters. The fourth-order valence-electron chi connectivity index (χ4n) is 3.23. The van der Waals surface area contributed by atoms with Gasteiger partial charge in [-0.3, -0.25) is 9.69 Å². The number of carboxylic acid groups (broad SMARTS) is 1. The van der Waals surface area contributed by atoms with E-state index in [-0.39, 0.29) is 22.7 Å². The van der Waals surface area contributed by atoms with Crippen LogP contribution in [0.2, 0.25) is 0 Å². The van der Waals surface area contributed by atoms with E-state index in [2.05, 4.69) is 23.3 Å². The summed E-state index contributed by atoms with van der Waals surface area (Å²) in [4.78, 5) is 11.5. The molecule has 10 heteroatoms. The predicted molar refractivity (Wildman–Crippen MR) is 134 cm³/mol. The van der Waals surface area contributed by atoms with Crippen LogP contribution in [0.5, 0.6) is 0 Å². The average molecular weight is 546 g/mol. The molecule has 0 radical (unpaired) electrons. The van der Waals surface area contributed by atoms with Crippen LogP contribution in [0.25, 0.3) is 0 Å². The molecule has 1 saturated heterocycles. The van der Waals surface area contributed by atoms with Gasteiger partial charge in [-0.05, 0) is 67.9 Å². The van der Waals surface area contributed by atoms with Gasteiger partial charge in [0.1, 0.15) is 0 Å². The number of aliphatic carboxylic acids is 1. The van der Waals surface area contributed by atoms with Crippen LogP contribution in [-0.2, 0) is 11.0 Å². The number of hydrogen-bond donors (Lipinski definition) is 1. The molecular weight excluding hydrogens is 516 g/mol. The molecule has 1 aliphatic rings. The van der Waals surface area contributed by atoms with Gasteiger partial charge in [0, 0.05) is 11.8 Å². The zero-order chi connectivity index (χ0) is 28.1. The lowest BCUT2D eigenvalue weighted by Crippen LogP contribution is -2.33. The van der Waals surface area contributed by atoms with Crippen LogP contribution in [-0.4, -0.2) is 34.6 Å². The third-order valence-electron chi connectivity index (χ3n) is 4.71. The van der Waals surface area contributed by atoms with Crippen LogP contribution in [0.15, 0.2) is 71.6 Å². The monoisotopic (exact) mass is 545 g/mol. The van der Waals surface area contributed by atoms with Crippen LogP contribution >= 0.6 is 11.8 Å². The molecule has 2 aromatic carbocycles. The predicted octanol–water partition coefficient (Wildman–Crippen LogP) is 8.20. The summed E-state index contributed by atoms with van der Waals surface area (Å²) in [5, 5.41) is 7.42. The third kappa shape index (κ3) is 14.4. The van der Waals surface area contributed by atoms with Gasteiger partial charge < -0.3 is 5.11 Å². The molecule has 1 heterocycles. The van der Waals surface area contributed by atoms with E-state index in [1.54, 1.807) is 18.2 Å². The quantitative estimate of drug-likeness (QED) is 0.240. The Morgan fingerprint density at radius 1 is 0.946 bits per heavy atom. The highest BCUT2D eigenvalue weighted by atomic mass is 32.2. The number of nitrogens with zero attached hydrogens (tertiary/aromatic N) is 1. The normalized spacial score (nSPS) is 14.5. The summed E-state index contributed by atoms with van der Waals surface area (Å²) in [6.07, 6.45) is -0.722. The molecule has 0 aliphatic carbocycles. The van der Waals surface area contributed by atoms with Gasteiger partial charge >= 0.3 is 11.7 Å². The van der Waals surface area contributed by atoms with Crippen LogP contribution in [0.4, 0.5) is 26.3 Å². The summed E-state index contributed by atoms with van der Waals surface area (Å²) in [7, 11) is 0. The van der Waals surface area contributed by atoms with Crippen LogP contribution in [0.3, 0.4) is 0 Å². The molecule has 37 heavy (non-hydrogen) atoms. The highest BCUT2D eigenvalue weighted by Crippen LogP contribution is 2.37. The van der Waals surface area contributed by atoms with E-state index in [0.29, 0.717) is 0 Å². The first kappa shape index (κ1) is 32.1. The van der Waals surface area contributed by atoms with Crippen molar-refractivity contribution in [1.82, 2.24) is 4.90 Å². The van der Waals surface area contributed by atoms with Gasteiger partial charge in [-0.15, -0.1) is 0 Å². The maximum atomic E-state index is 12.4. The molecule has 0 spiro atoms. The zero-order valence-corrected chi connectivity index (χ0v) is 21.3. The molecule has 1 unspecified atom stereocenters. The summed E-state index contributed by atoms with van der Waals surface area (Å²) in [6, 6.07) is 12.8. The number of carboxylic acids is 1. The standard InChI is InChI=1S/C18H20F3NS.C7H5F3.C2H4O2/c1-14(2)6-11-17(22-12-4-3-5-13-22)15-7-9-16(10-8-15)23-18(19,20)21;8-7(9,10)6-4-2-1-3-5-6;1-2(3)4/h7-10,17H,1,3-5,12-13H2,2H3;1-5H;1H3,(H,3,4). The first-order valence-corrected chi connectivity index (χ1v) is 12.1. The van der Waals surface area contributed by atoms with E-state index in [0.717, 1.165) is 56.1 Å². The van der Waals surface area contributed by atoms with Crippen molar-refractivity contribution in [2.45, 2.75) is 55.7 Å². The van der Waals surface area contributed by atoms with E-state index in [1.165, 1.54) is 30.7 Å². The molecule has 1 aliphatic heterocycles. The number of benzene rings is 2. The molecule has 0 amide bonds. The van der Waals surface area contributed by atoms with E-state index >= 15 is 0 Å². The molecule has 0 saturated carbocycles. The van der Waals surface area contributed by atoms with Crippen molar-refractivity contribution in [3.05, 3.63) is 77.9 Å². The van der Waals surface area contributed by atoms with Crippen LogP contribution in [0, 0.1) is 11.8 Å². The van der Waals surface area contributed by atoms with Crippen molar-refractivity contribution in [3.63, 3.8) is 0 Å². The molecule has 1 N–H and O–H groups in total. The summed E-state index contributed by atoms with van der Waals surface area (Å²) in [6.45, 7) is 8.67. The summed E-state index contributed by atoms with van der Waals surface area (Å²) in [5.41, 5.74) is -3.13. The zero-order valence-electron chi connectivity index (χ0n) is 20.5. The Bertz CT molecular complexity index is 1030. The number of thioether (sulfide) groups is 1. The molecular formula is C27H29F6NO2S. The number of halogens is 6. The second kappa shape index (κ2) is 15.4. The van der Waals surface area contributed by atoms with Gasteiger partial charge in [-0.25, -0.2) is 0 Å². The van der Waals surface area contributed by atoms with Gasteiger partial charge in [-0.1, -0.05) is 67.3 Å².